The van der Waals surface area contributed by atoms with Crippen molar-refractivity contribution in [1.29, 1.82) is 0 Å². The summed E-state index contributed by atoms with van der Waals surface area (Å²) in [7, 11) is -3.68. The van der Waals surface area contributed by atoms with Gasteiger partial charge in [0.2, 0.25) is 10.0 Å². The molecule has 23 heavy (non-hydrogen) atoms. The van der Waals surface area contributed by atoms with E-state index >= 15 is 0 Å². The van der Waals surface area contributed by atoms with Gasteiger partial charge in [-0.3, -0.25) is 4.79 Å². The van der Waals surface area contributed by atoms with Gasteiger partial charge in [-0.2, -0.15) is 0 Å². The van der Waals surface area contributed by atoms with Crippen molar-refractivity contribution in [2.45, 2.75) is 12.7 Å². The largest absolute Gasteiger partial charge is 0.294 e. The number of hydrogen-bond acceptors (Lipinski definition) is 4. The smallest absolute Gasteiger partial charge is 0.244 e. The Labute approximate surface area is 142 Å². The van der Waals surface area contributed by atoms with Gasteiger partial charge in [-0.15, -0.1) is 0 Å². The third-order valence-electron chi connectivity index (χ3n) is 3.45. The lowest BCUT2D eigenvalue weighted by molar-refractivity contribution is 0.101. The zero-order chi connectivity index (χ0) is 16.6. The fourth-order valence-corrected chi connectivity index (χ4v) is 4.16. The van der Waals surface area contributed by atoms with Gasteiger partial charge in [-0.25, -0.2) is 17.4 Å². The van der Waals surface area contributed by atoms with Crippen molar-refractivity contribution in [1.82, 2.24) is 8.96 Å². The third kappa shape index (κ3) is 3.07. The molecule has 0 bridgehead atoms. The Morgan fingerprint density at radius 1 is 1.26 bits per heavy atom. The maximum absolute atomic E-state index is 12.7. The highest BCUT2D eigenvalue weighted by molar-refractivity contribution is 9.10. The molecular weight excluding hydrogens is 380 g/mol. The summed E-state index contributed by atoms with van der Waals surface area (Å²) in [4.78, 5) is 16.0. The van der Waals surface area contributed by atoms with Gasteiger partial charge in [0.25, 0.3) is 0 Å². The number of carbonyl (C=O) groups is 1. The van der Waals surface area contributed by atoms with Gasteiger partial charge in [-0.1, -0.05) is 30.3 Å². The van der Waals surface area contributed by atoms with Crippen LogP contribution < -0.4 is 0 Å². The van der Waals surface area contributed by atoms with Crippen LogP contribution in [0.5, 0.6) is 0 Å². The first-order chi connectivity index (χ1) is 10.9. The summed E-state index contributed by atoms with van der Waals surface area (Å²) in [6.07, 6.45) is 2.87. The Morgan fingerprint density at radius 2 is 1.96 bits per heavy atom. The first-order valence-corrected chi connectivity index (χ1v) is 9.23. The summed E-state index contributed by atoms with van der Waals surface area (Å²) in [5.41, 5.74) is 1.27. The van der Waals surface area contributed by atoms with Crippen LogP contribution in [0, 0.1) is 0 Å². The van der Waals surface area contributed by atoms with Crippen LogP contribution in [0.25, 0.3) is 11.0 Å². The van der Waals surface area contributed by atoms with E-state index in [0.29, 0.717) is 21.0 Å². The second-order valence-electron chi connectivity index (χ2n) is 5.16. The molecule has 0 aliphatic rings. The topological polar surface area (TPSA) is 69.0 Å². The van der Waals surface area contributed by atoms with Crippen LogP contribution in [0.2, 0.25) is 0 Å². The lowest BCUT2D eigenvalue weighted by atomic mass is 10.2. The van der Waals surface area contributed by atoms with E-state index < -0.39 is 10.0 Å². The Kier molecular flexibility index (Phi) is 4.08. The highest BCUT2D eigenvalue weighted by Crippen LogP contribution is 2.26. The average molecular weight is 393 g/mol. The number of pyridine rings is 1. The maximum atomic E-state index is 12.7. The quantitative estimate of drug-likeness (QED) is 0.638. The summed E-state index contributed by atoms with van der Waals surface area (Å²) in [5.74, 6) is -0.365. The van der Waals surface area contributed by atoms with E-state index in [1.54, 1.807) is 30.3 Å². The molecule has 5 nitrogen and oxygen atoms in total. The Morgan fingerprint density at radius 3 is 2.61 bits per heavy atom. The third-order valence-corrected chi connectivity index (χ3v) is 5.46. The summed E-state index contributed by atoms with van der Waals surface area (Å²) >= 11 is 3.30. The number of carbonyl (C=O) groups excluding carboxylic acids is 1. The van der Waals surface area contributed by atoms with Crippen LogP contribution in [0.15, 0.2) is 53.3 Å². The van der Waals surface area contributed by atoms with E-state index in [9.17, 15) is 13.2 Å². The molecule has 0 N–H and O–H groups in total. The molecule has 0 amide bonds. The van der Waals surface area contributed by atoms with E-state index in [-0.39, 0.29) is 17.2 Å². The zero-order valence-corrected chi connectivity index (χ0v) is 14.6. The van der Waals surface area contributed by atoms with Gasteiger partial charge in [0.1, 0.15) is 0 Å². The predicted octanol–water partition coefficient (Wildman–Crippen LogP) is 3.38. The molecule has 3 rings (SSSR count). The molecule has 0 fully saturated rings. The molecule has 1 aromatic carbocycles. The number of hydrogen-bond donors (Lipinski definition) is 0. The van der Waals surface area contributed by atoms with Gasteiger partial charge >= 0.3 is 0 Å². The van der Waals surface area contributed by atoms with Crippen molar-refractivity contribution in [3.8, 4) is 0 Å². The van der Waals surface area contributed by atoms with E-state index in [1.807, 2.05) is 6.07 Å². The molecule has 2 heterocycles. The Balaban J connectivity index is 2.18. The molecule has 0 atom stereocenters. The van der Waals surface area contributed by atoms with Gasteiger partial charge in [0.05, 0.1) is 5.75 Å². The monoisotopic (exact) mass is 392 g/mol. The molecular formula is C16H13BrN2O3S. The standard InChI is InChI=1S/C16H13BrN2O3S/c1-11(20)15-9-19(16-14(15)7-13(17)8-18-16)23(21,22)10-12-5-3-2-4-6-12/h2-9H,10H2,1H3. The molecule has 3 aromatic rings. The molecule has 0 unspecified atom stereocenters. The van der Waals surface area contributed by atoms with Gasteiger partial charge in [0, 0.05) is 27.8 Å². The number of fused-ring (bicyclic) bond motifs is 1. The minimum atomic E-state index is -3.68. The van der Waals surface area contributed by atoms with Gasteiger partial charge < -0.3 is 0 Å². The predicted molar refractivity (Wildman–Crippen MR) is 91.9 cm³/mol. The van der Waals surface area contributed by atoms with Crippen molar-refractivity contribution >= 4 is 42.8 Å². The second-order valence-corrected chi connectivity index (χ2v) is 7.92. The molecule has 118 valence electrons. The maximum Gasteiger partial charge on any atom is 0.244 e. The van der Waals surface area contributed by atoms with Crippen LogP contribution >= 0.6 is 15.9 Å². The normalized spacial score (nSPS) is 11.7. The summed E-state index contributed by atoms with van der Waals surface area (Å²) in [5, 5.41) is 0.517. The Bertz CT molecular complexity index is 995. The molecule has 7 heteroatoms. The number of Topliss-reactive ketones (excluding diaryl/α,β-unsaturated/α-hetero) is 1. The summed E-state index contributed by atoms with van der Waals surface area (Å²) in [6, 6.07) is 10.6. The molecule has 0 aliphatic carbocycles. The number of ketones is 1. The van der Waals surface area contributed by atoms with Crippen LogP contribution in [-0.4, -0.2) is 23.2 Å². The summed E-state index contributed by atoms with van der Waals surface area (Å²) in [6.45, 7) is 1.41. The highest BCUT2D eigenvalue weighted by Gasteiger charge is 2.22. The number of nitrogens with zero attached hydrogens (tertiary/aromatic N) is 2. The van der Waals surface area contributed by atoms with Crippen molar-refractivity contribution in [2.24, 2.45) is 0 Å². The molecule has 0 saturated heterocycles. The number of benzene rings is 1. The minimum absolute atomic E-state index is 0.160. The van der Waals surface area contributed by atoms with Crippen LogP contribution in [0.3, 0.4) is 0 Å². The lowest BCUT2D eigenvalue weighted by Gasteiger charge is -2.07. The average Bonchev–Trinajstić information content (AvgIpc) is 2.87. The number of halogens is 1. The number of rotatable bonds is 4. The SMILES string of the molecule is CC(=O)c1cn(S(=O)(=O)Cc2ccccc2)c2ncc(Br)cc12. The second kappa shape index (κ2) is 5.90. The van der Waals surface area contributed by atoms with Crippen molar-refractivity contribution < 1.29 is 13.2 Å². The molecule has 2 aromatic heterocycles. The minimum Gasteiger partial charge on any atom is -0.294 e. The van der Waals surface area contributed by atoms with Gasteiger partial charge in [-0.05, 0) is 34.5 Å². The van der Waals surface area contributed by atoms with Crippen LogP contribution in [-0.2, 0) is 15.8 Å². The lowest BCUT2D eigenvalue weighted by Crippen LogP contribution is -2.14. The first-order valence-electron chi connectivity index (χ1n) is 6.83. The van der Waals surface area contributed by atoms with Crippen LogP contribution in [0.1, 0.15) is 22.8 Å². The first kappa shape index (κ1) is 15.9. The molecule has 0 aliphatic heterocycles. The van der Waals surface area contributed by atoms with Gasteiger partial charge in [0.15, 0.2) is 11.4 Å². The fourth-order valence-electron chi connectivity index (χ4n) is 2.40. The van der Waals surface area contributed by atoms with E-state index in [4.69, 9.17) is 0 Å². The molecule has 0 spiro atoms. The van der Waals surface area contributed by atoms with Crippen molar-refractivity contribution in [2.75, 3.05) is 0 Å². The number of aromatic nitrogens is 2. The molecule has 0 radical (unpaired) electrons. The highest BCUT2D eigenvalue weighted by atomic mass is 79.9. The fraction of sp³-hybridized carbons (Fsp3) is 0.125. The summed E-state index contributed by atoms with van der Waals surface area (Å²) < 4.78 is 27.3. The van der Waals surface area contributed by atoms with Crippen molar-refractivity contribution in [3.63, 3.8) is 0 Å². The van der Waals surface area contributed by atoms with Crippen LogP contribution in [0.4, 0.5) is 0 Å². The molecule has 0 saturated carbocycles. The zero-order valence-electron chi connectivity index (χ0n) is 12.2. The Hall–Kier alpha value is -1.99. The van der Waals surface area contributed by atoms with Crippen molar-refractivity contribution in [3.05, 3.63) is 64.4 Å². The van der Waals surface area contributed by atoms with E-state index in [0.717, 1.165) is 3.97 Å². The van der Waals surface area contributed by atoms with E-state index in [1.165, 1.54) is 19.3 Å². The van der Waals surface area contributed by atoms with E-state index in [2.05, 4.69) is 20.9 Å².